The Labute approximate surface area is 239 Å². The highest BCUT2D eigenvalue weighted by atomic mass is 16.6. The van der Waals surface area contributed by atoms with Crippen LogP contribution in [-0.2, 0) is 14.3 Å². The van der Waals surface area contributed by atoms with Crippen LogP contribution >= 0.6 is 0 Å². The molecule has 2 amide bonds. The second-order valence-corrected chi connectivity index (χ2v) is 10.6. The number of nitrogens with zero attached hydrogens (tertiary/aromatic N) is 2. The Kier molecular flexibility index (Phi) is 5.83. The molecule has 1 heterocycles. The van der Waals surface area contributed by atoms with Crippen LogP contribution in [0.3, 0.4) is 0 Å². The minimum absolute atomic E-state index is 0.145. The molecule has 4 aliphatic rings. The van der Waals surface area contributed by atoms with Gasteiger partial charge in [-0.05, 0) is 58.7 Å². The van der Waals surface area contributed by atoms with Crippen molar-refractivity contribution in [2.75, 3.05) is 11.5 Å². The molecule has 1 fully saturated rings. The first-order valence-corrected chi connectivity index (χ1v) is 13.5. The predicted octanol–water partition coefficient (Wildman–Crippen LogP) is 5.03. The third-order valence-corrected chi connectivity index (χ3v) is 8.54. The molecule has 0 saturated carbocycles. The van der Waals surface area contributed by atoms with Gasteiger partial charge >= 0.3 is 5.97 Å². The molecular formula is C33H22N2O7. The zero-order valence-electron chi connectivity index (χ0n) is 22.0. The van der Waals surface area contributed by atoms with E-state index >= 15 is 0 Å². The summed E-state index contributed by atoms with van der Waals surface area (Å²) in [5, 5.41) is 10.8. The highest BCUT2D eigenvalue weighted by Crippen LogP contribution is 2.61. The maximum Gasteiger partial charge on any atom is 0.338 e. The molecule has 9 heteroatoms. The van der Waals surface area contributed by atoms with Gasteiger partial charge in [0, 0.05) is 29.5 Å². The lowest BCUT2D eigenvalue weighted by Crippen LogP contribution is -2.41. The number of anilines is 1. The molecule has 2 atom stereocenters. The first kappa shape index (κ1) is 25.5. The summed E-state index contributed by atoms with van der Waals surface area (Å²) in [7, 11) is 0. The Morgan fingerprint density at radius 2 is 1.14 bits per heavy atom. The number of nitro benzene ring substituents is 1. The second-order valence-electron chi connectivity index (χ2n) is 10.6. The van der Waals surface area contributed by atoms with Gasteiger partial charge in [-0.3, -0.25) is 24.5 Å². The van der Waals surface area contributed by atoms with Crippen LogP contribution in [0.4, 0.5) is 11.4 Å². The van der Waals surface area contributed by atoms with Crippen molar-refractivity contribution in [2.45, 2.75) is 11.8 Å². The number of Topliss-reactive ketones (excluding diaryl/α,β-unsaturated/α-hetero) is 1. The van der Waals surface area contributed by atoms with E-state index < -0.39 is 35.1 Å². The van der Waals surface area contributed by atoms with Crippen LogP contribution in [0.2, 0.25) is 0 Å². The molecule has 42 heavy (non-hydrogen) atoms. The molecule has 3 aliphatic carbocycles. The molecule has 0 N–H and O–H groups in total. The lowest BCUT2D eigenvalue weighted by Gasteiger charge is -2.45. The summed E-state index contributed by atoms with van der Waals surface area (Å²) in [6, 6.07) is 27.0. The fourth-order valence-corrected chi connectivity index (χ4v) is 6.75. The minimum atomic E-state index is -0.756. The van der Waals surface area contributed by atoms with E-state index in [2.05, 4.69) is 0 Å². The number of hydrogen-bond acceptors (Lipinski definition) is 7. The summed E-state index contributed by atoms with van der Waals surface area (Å²) in [6.45, 7) is -0.547. The number of rotatable bonds is 6. The number of non-ortho nitro benzene ring substituents is 1. The zero-order valence-corrected chi connectivity index (χ0v) is 22.0. The van der Waals surface area contributed by atoms with Crippen molar-refractivity contribution in [2.24, 2.45) is 11.8 Å². The molecular weight excluding hydrogens is 536 g/mol. The van der Waals surface area contributed by atoms with Crippen LogP contribution in [0.5, 0.6) is 0 Å². The van der Waals surface area contributed by atoms with Gasteiger partial charge in [0.05, 0.1) is 28.0 Å². The summed E-state index contributed by atoms with van der Waals surface area (Å²) in [6.07, 6.45) is 0. The summed E-state index contributed by atoms with van der Waals surface area (Å²) < 4.78 is 5.14. The van der Waals surface area contributed by atoms with E-state index in [1.165, 1.54) is 53.4 Å². The quantitative estimate of drug-likeness (QED) is 0.107. The van der Waals surface area contributed by atoms with Gasteiger partial charge in [-0.1, -0.05) is 48.5 Å². The van der Waals surface area contributed by atoms with E-state index in [1.807, 2.05) is 48.5 Å². The third-order valence-electron chi connectivity index (χ3n) is 8.54. The average molecular weight is 559 g/mol. The topological polar surface area (TPSA) is 124 Å². The molecule has 1 aliphatic heterocycles. The SMILES string of the molecule is O=C(COC(=O)c1ccc(N2C(=O)[C@@H]3C4c5ccccc5C(c5ccccc54)[C@H]3C2=O)cc1)c1ccc([N+](=O)[O-])cc1. The molecule has 0 unspecified atom stereocenters. The Balaban J connectivity index is 1.10. The molecule has 1 saturated heterocycles. The van der Waals surface area contributed by atoms with Crippen molar-refractivity contribution in [1.82, 2.24) is 0 Å². The van der Waals surface area contributed by atoms with Crippen LogP contribution in [-0.4, -0.2) is 35.1 Å². The van der Waals surface area contributed by atoms with Crippen molar-refractivity contribution >= 4 is 34.9 Å². The number of ether oxygens (including phenoxy) is 1. The van der Waals surface area contributed by atoms with Crippen molar-refractivity contribution in [3.05, 3.63) is 141 Å². The van der Waals surface area contributed by atoms with Crippen molar-refractivity contribution < 1.29 is 28.8 Å². The molecule has 4 aromatic rings. The van der Waals surface area contributed by atoms with Gasteiger partial charge < -0.3 is 4.74 Å². The first-order valence-electron chi connectivity index (χ1n) is 13.5. The summed E-state index contributed by atoms with van der Waals surface area (Å²) in [5.41, 5.74) is 4.89. The van der Waals surface area contributed by atoms with Crippen molar-refractivity contribution in [3.63, 3.8) is 0 Å². The normalized spacial score (nSPS) is 21.4. The van der Waals surface area contributed by atoms with Crippen LogP contribution in [0.15, 0.2) is 97.1 Å². The van der Waals surface area contributed by atoms with Gasteiger partial charge in [-0.2, -0.15) is 0 Å². The minimum Gasteiger partial charge on any atom is -0.454 e. The molecule has 4 aromatic carbocycles. The maximum atomic E-state index is 13.9. The number of nitro groups is 1. The number of imide groups is 1. The smallest absolute Gasteiger partial charge is 0.338 e. The lowest BCUT2D eigenvalue weighted by atomic mass is 9.55. The molecule has 9 nitrogen and oxygen atoms in total. The zero-order chi connectivity index (χ0) is 29.1. The fourth-order valence-electron chi connectivity index (χ4n) is 6.75. The Hall–Kier alpha value is -5.44. The molecule has 0 spiro atoms. The number of ketones is 1. The van der Waals surface area contributed by atoms with Crippen LogP contribution in [0, 0.1) is 22.0 Å². The number of hydrogen-bond donors (Lipinski definition) is 0. The molecule has 206 valence electrons. The first-order chi connectivity index (χ1) is 20.3. The number of esters is 1. The van der Waals surface area contributed by atoms with Crippen LogP contribution in [0.1, 0.15) is 54.8 Å². The van der Waals surface area contributed by atoms with Gasteiger partial charge in [-0.15, -0.1) is 0 Å². The number of carbonyl (C=O) groups is 4. The van der Waals surface area contributed by atoms with Gasteiger partial charge in [0.2, 0.25) is 11.8 Å². The van der Waals surface area contributed by atoms with Gasteiger partial charge in [-0.25, -0.2) is 9.69 Å². The third kappa shape index (κ3) is 3.77. The van der Waals surface area contributed by atoms with E-state index in [4.69, 9.17) is 4.74 Å². The largest absolute Gasteiger partial charge is 0.454 e. The van der Waals surface area contributed by atoms with Gasteiger partial charge in [0.25, 0.3) is 5.69 Å². The standard InChI is InChI=1S/C33H22N2O7/c36-26(18-9-15-21(16-10-18)35(40)41)17-42-33(39)19-11-13-20(14-12-19)34-31(37)29-27-22-5-1-2-6-23(22)28(30(29)32(34)38)25-8-4-3-7-24(25)27/h1-16,27-30H,17H2/t27?,28?,29-,30-/m1/s1. The fraction of sp³-hybridized carbons (Fsp3) is 0.152. The van der Waals surface area contributed by atoms with Gasteiger partial charge in [0.15, 0.2) is 12.4 Å². The Morgan fingerprint density at radius 1 is 0.690 bits per heavy atom. The van der Waals surface area contributed by atoms with Crippen molar-refractivity contribution in [3.8, 4) is 0 Å². The van der Waals surface area contributed by atoms with E-state index in [0.717, 1.165) is 22.3 Å². The van der Waals surface area contributed by atoms with Crippen LogP contribution < -0.4 is 4.90 Å². The highest BCUT2D eigenvalue weighted by Gasteiger charge is 2.61. The predicted molar refractivity (Wildman–Crippen MR) is 150 cm³/mol. The van der Waals surface area contributed by atoms with E-state index in [9.17, 15) is 29.3 Å². The number of benzene rings is 4. The number of amides is 2. The lowest BCUT2D eigenvalue weighted by molar-refractivity contribution is -0.384. The second kappa shape index (κ2) is 9.59. The molecule has 0 radical (unpaired) electrons. The van der Waals surface area contributed by atoms with E-state index in [0.29, 0.717) is 5.69 Å². The van der Waals surface area contributed by atoms with Gasteiger partial charge in [0.1, 0.15) is 0 Å². The monoisotopic (exact) mass is 558 g/mol. The molecule has 2 bridgehead atoms. The molecule has 0 aromatic heterocycles. The van der Waals surface area contributed by atoms with E-state index in [1.54, 1.807) is 0 Å². The number of carbonyl (C=O) groups excluding carboxylic acids is 4. The maximum absolute atomic E-state index is 13.9. The van der Waals surface area contributed by atoms with E-state index in [-0.39, 0.29) is 40.5 Å². The summed E-state index contributed by atoms with van der Waals surface area (Å²) in [5.74, 6) is -3.23. The highest BCUT2D eigenvalue weighted by molar-refractivity contribution is 6.23. The summed E-state index contributed by atoms with van der Waals surface area (Å²) >= 11 is 0. The van der Waals surface area contributed by atoms with Crippen molar-refractivity contribution in [1.29, 1.82) is 0 Å². The van der Waals surface area contributed by atoms with Crippen LogP contribution in [0.25, 0.3) is 0 Å². The average Bonchev–Trinajstić information content (AvgIpc) is 3.29. The molecule has 8 rings (SSSR count). The Morgan fingerprint density at radius 3 is 1.60 bits per heavy atom. The Bertz CT molecular complexity index is 1700. The summed E-state index contributed by atoms with van der Waals surface area (Å²) in [4.78, 5) is 64.2.